The maximum Gasteiger partial charge on any atom is 0.165 e. The lowest BCUT2D eigenvalue weighted by molar-refractivity contribution is -0.133. The fraction of sp³-hybridized carbons (Fsp3) is 0.700. The summed E-state index contributed by atoms with van der Waals surface area (Å²) in [6, 6.07) is 0. The van der Waals surface area contributed by atoms with Gasteiger partial charge in [-0.2, -0.15) is 0 Å². The molecule has 1 heterocycles. The van der Waals surface area contributed by atoms with Crippen molar-refractivity contribution < 1.29 is 9.53 Å². The van der Waals surface area contributed by atoms with Crippen LogP contribution in [0.1, 0.15) is 26.7 Å². The zero-order valence-electron chi connectivity index (χ0n) is 7.54. The average molecular weight is 166 g/mol. The predicted octanol–water partition coefficient (Wildman–Crippen LogP) is 1.70. The van der Waals surface area contributed by atoms with E-state index in [0.717, 1.165) is 6.42 Å². The number of ketones is 1. The molecule has 0 aromatic carbocycles. The van der Waals surface area contributed by atoms with Crippen molar-refractivity contribution in [2.45, 2.75) is 38.4 Å². The molecule has 0 radical (unpaired) electrons. The van der Waals surface area contributed by atoms with Crippen molar-refractivity contribution in [1.82, 2.24) is 0 Å². The number of rotatable bonds is 0. The average Bonchev–Trinajstić information content (AvgIpc) is 2.25. The van der Waals surface area contributed by atoms with Crippen molar-refractivity contribution in [2.24, 2.45) is 5.92 Å². The maximum atomic E-state index is 11.4. The molecule has 2 aliphatic rings. The Balaban J connectivity index is 2.22. The molecule has 2 unspecified atom stereocenters. The second-order valence-corrected chi connectivity index (χ2v) is 4.26. The Morgan fingerprint density at radius 3 is 3.00 bits per heavy atom. The van der Waals surface area contributed by atoms with Gasteiger partial charge in [-0.3, -0.25) is 4.79 Å². The minimum atomic E-state index is -0.148. The van der Waals surface area contributed by atoms with Crippen LogP contribution in [0.2, 0.25) is 0 Å². The van der Waals surface area contributed by atoms with E-state index in [1.807, 2.05) is 19.9 Å². The first kappa shape index (κ1) is 7.99. The molecule has 1 saturated heterocycles. The molecule has 0 aromatic heterocycles. The summed E-state index contributed by atoms with van der Waals surface area (Å²) < 4.78 is 5.66. The fourth-order valence-electron chi connectivity index (χ4n) is 2.10. The first-order chi connectivity index (χ1) is 5.58. The van der Waals surface area contributed by atoms with E-state index in [4.69, 9.17) is 4.74 Å². The van der Waals surface area contributed by atoms with Gasteiger partial charge >= 0.3 is 0 Å². The van der Waals surface area contributed by atoms with Crippen molar-refractivity contribution in [3.8, 4) is 0 Å². The first-order valence-electron chi connectivity index (χ1n) is 4.46. The summed E-state index contributed by atoms with van der Waals surface area (Å²) in [5.41, 5.74) is -0.111. The van der Waals surface area contributed by atoms with Crippen molar-refractivity contribution in [2.75, 3.05) is 0 Å². The highest BCUT2D eigenvalue weighted by Crippen LogP contribution is 2.37. The van der Waals surface area contributed by atoms with Crippen LogP contribution in [0.15, 0.2) is 12.2 Å². The zero-order valence-corrected chi connectivity index (χ0v) is 7.54. The number of Topliss-reactive ketones (excluding diaryl/α,β-unsaturated/α-hetero) is 1. The van der Waals surface area contributed by atoms with E-state index in [-0.39, 0.29) is 17.5 Å². The number of allylic oxidation sites excluding steroid dienone is 1. The summed E-state index contributed by atoms with van der Waals surface area (Å²) in [6.07, 6.45) is 5.47. The molecule has 1 aliphatic heterocycles. The number of carbonyl (C=O) groups is 1. The van der Waals surface area contributed by atoms with Crippen LogP contribution < -0.4 is 0 Å². The molecular formula is C10H14O2. The molecule has 0 N–H and O–H groups in total. The second-order valence-electron chi connectivity index (χ2n) is 4.26. The van der Waals surface area contributed by atoms with Gasteiger partial charge in [0.2, 0.25) is 0 Å². The van der Waals surface area contributed by atoms with Crippen LogP contribution in [0.25, 0.3) is 0 Å². The lowest BCUT2D eigenvalue weighted by Crippen LogP contribution is -2.29. The van der Waals surface area contributed by atoms with Gasteiger partial charge in [0.15, 0.2) is 5.78 Å². The molecule has 0 bridgehead atoms. The topological polar surface area (TPSA) is 26.3 Å². The third kappa shape index (κ3) is 1.20. The van der Waals surface area contributed by atoms with Gasteiger partial charge in [0.05, 0.1) is 5.60 Å². The lowest BCUT2D eigenvalue weighted by atomic mass is 9.88. The van der Waals surface area contributed by atoms with E-state index in [2.05, 4.69) is 6.08 Å². The molecule has 0 aromatic rings. The van der Waals surface area contributed by atoms with E-state index in [1.165, 1.54) is 0 Å². The maximum absolute atomic E-state index is 11.4. The highest BCUT2D eigenvalue weighted by Gasteiger charge is 2.43. The van der Waals surface area contributed by atoms with E-state index < -0.39 is 0 Å². The molecule has 12 heavy (non-hydrogen) atoms. The van der Waals surface area contributed by atoms with E-state index >= 15 is 0 Å². The van der Waals surface area contributed by atoms with Gasteiger partial charge in [0.1, 0.15) is 6.10 Å². The van der Waals surface area contributed by atoms with Crippen LogP contribution in [0.4, 0.5) is 0 Å². The van der Waals surface area contributed by atoms with Crippen LogP contribution in [0, 0.1) is 5.92 Å². The van der Waals surface area contributed by atoms with E-state index in [0.29, 0.717) is 12.3 Å². The summed E-state index contributed by atoms with van der Waals surface area (Å²) in [4.78, 5) is 11.4. The second kappa shape index (κ2) is 2.43. The number of ether oxygens (including phenoxy) is 1. The number of hydrogen-bond donors (Lipinski definition) is 0. The standard InChI is InChI=1S/C10H14O2/c1-10(2)6-7-4-3-5-8(11)9(7)12-10/h3-4,7,9H,5-6H2,1-2H3. The lowest BCUT2D eigenvalue weighted by Gasteiger charge is -2.19. The Bertz CT molecular complexity index is 240. The van der Waals surface area contributed by atoms with Crippen molar-refractivity contribution in [3.63, 3.8) is 0 Å². The molecule has 0 spiro atoms. The van der Waals surface area contributed by atoms with Gasteiger partial charge in [-0.25, -0.2) is 0 Å². The van der Waals surface area contributed by atoms with Gasteiger partial charge in [0, 0.05) is 12.3 Å². The molecule has 2 nitrogen and oxygen atoms in total. The Morgan fingerprint density at radius 1 is 1.58 bits per heavy atom. The van der Waals surface area contributed by atoms with Crippen LogP contribution in [0.5, 0.6) is 0 Å². The Hall–Kier alpha value is -0.630. The summed E-state index contributed by atoms with van der Waals surface area (Å²) in [6.45, 7) is 4.10. The minimum Gasteiger partial charge on any atom is -0.364 e. The van der Waals surface area contributed by atoms with Crippen LogP contribution in [0.3, 0.4) is 0 Å². The van der Waals surface area contributed by atoms with Gasteiger partial charge in [0.25, 0.3) is 0 Å². The summed E-state index contributed by atoms with van der Waals surface area (Å²) in [7, 11) is 0. The summed E-state index contributed by atoms with van der Waals surface area (Å²) in [5, 5.41) is 0. The third-order valence-electron chi connectivity index (χ3n) is 2.58. The van der Waals surface area contributed by atoms with Gasteiger partial charge < -0.3 is 4.74 Å². The third-order valence-corrected chi connectivity index (χ3v) is 2.58. The normalized spacial score (nSPS) is 38.3. The molecular weight excluding hydrogens is 152 g/mol. The predicted molar refractivity (Wildman–Crippen MR) is 45.8 cm³/mol. The molecule has 2 atom stereocenters. The van der Waals surface area contributed by atoms with Crippen molar-refractivity contribution in [1.29, 1.82) is 0 Å². The Labute approximate surface area is 72.6 Å². The number of carbonyl (C=O) groups excluding carboxylic acids is 1. The fourth-order valence-corrected chi connectivity index (χ4v) is 2.10. The molecule has 2 rings (SSSR count). The van der Waals surface area contributed by atoms with Crippen molar-refractivity contribution in [3.05, 3.63) is 12.2 Å². The molecule has 1 fully saturated rings. The first-order valence-corrected chi connectivity index (χ1v) is 4.46. The minimum absolute atomic E-state index is 0.111. The molecule has 1 aliphatic carbocycles. The Morgan fingerprint density at radius 2 is 2.33 bits per heavy atom. The number of fused-ring (bicyclic) bond motifs is 1. The van der Waals surface area contributed by atoms with E-state index in [1.54, 1.807) is 0 Å². The van der Waals surface area contributed by atoms with Crippen LogP contribution in [-0.2, 0) is 9.53 Å². The quantitative estimate of drug-likeness (QED) is 0.512. The van der Waals surface area contributed by atoms with Crippen molar-refractivity contribution >= 4 is 5.78 Å². The largest absolute Gasteiger partial charge is 0.364 e. The monoisotopic (exact) mass is 166 g/mol. The molecule has 2 heteroatoms. The Kier molecular flexibility index (Phi) is 1.62. The van der Waals surface area contributed by atoms with Crippen LogP contribution in [-0.4, -0.2) is 17.5 Å². The highest BCUT2D eigenvalue weighted by atomic mass is 16.5. The van der Waals surface area contributed by atoms with E-state index in [9.17, 15) is 4.79 Å². The zero-order chi connectivity index (χ0) is 8.77. The SMILES string of the molecule is CC1(C)CC2C=CCC(=O)C2O1. The smallest absolute Gasteiger partial charge is 0.165 e. The molecule has 0 saturated carbocycles. The van der Waals surface area contributed by atoms with Crippen LogP contribution >= 0.6 is 0 Å². The van der Waals surface area contributed by atoms with Gasteiger partial charge in [-0.05, 0) is 20.3 Å². The molecule has 0 amide bonds. The summed E-state index contributed by atoms with van der Waals surface area (Å²) >= 11 is 0. The highest BCUT2D eigenvalue weighted by molar-refractivity contribution is 5.86. The molecule has 66 valence electrons. The van der Waals surface area contributed by atoms with Gasteiger partial charge in [-0.15, -0.1) is 0 Å². The summed E-state index contributed by atoms with van der Waals surface area (Å²) in [5.74, 6) is 0.578. The number of hydrogen-bond acceptors (Lipinski definition) is 2. The van der Waals surface area contributed by atoms with Gasteiger partial charge in [-0.1, -0.05) is 12.2 Å².